The highest BCUT2D eigenvalue weighted by Crippen LogP contribution is 2.32. The number of benzene rings is 1. The largest absolute Gasteiger partial charge is 0.487 e. The van der Waals surface area contributed by atoms with Crippen LogP contribution >= 0.6 is 0 Å². The molecule has 1 aromatic heterocycles. The van der Waals surface area contributed by atoms with Gasteiger partial charge >= 0.3 is 0 Å². The fourth-order valence-corrected chi connectivity index (χ4v) is 5.14. The fraction of sp³-hybridized carbons (Fsp3) is 0.500. The van der Waals surface area contributed by atoms with Crippen LogP contribution in [0, 0.1) is 0 Å². The van der Waals surface area contributed by atoms with Crippen molar-refractivity contribution in [1.29, 1.82) is 0 Å². The van der Waals surface area contributed by atoms with Gasteiger partial charge in [0.2, 0.25) is 5.95 Å². The van der Waals surface area contributed by atoms with Gasteiger partial charge in [0.1, 0.15) is 22.6 Å². The lowest BCUT2D eigenvalue weighted by Crippen LogP contribution is -2.54. The zero-order valence-electron chi connectivity index (χ0n) is 15.7. The molecule has 2 saturated heterocycles. The number of nitrogens with zero attached hydrogens (tertiary/aromatic N) is 3. The van der Waals surface area contributed by atoms with Crippen molar-refractivity contribution >= 4 is 22.6 Å². The van der Waals surface area contributed by atoms with E-state index in [-0.39, 0.29) is 6.10 Å². The second-order valence-electron chi connectivity index (χ2n) is 7.44. The minimum Gasteiger partial charge on any atom is -0.487 e. The molecule has 3 aliphatic rings. The Labute approximate surface area is 166 Å². The summed E-state index contributed by atoms with van der Waals surface area (Å²) in [4.78, 5) is 12.4. The zero-order chi connectivity index (χ0) is 18.9. The molecule has 2 fully saturated rings. The molecule has 1 N–H and O–H groups in total. The van der Waals surface area contributed by atoms with Gasteiger partial charge in [-0.15, -0.1) is 0 Å². The minimum atomic E-state index is -1.01. The predicted molar refractivity (Wildman–Crippen MR) is 108 cm³/mol. The summed E-state index contributed by atoms with van der Waals surface area (Å²) < 4.78 is 23.9. The predicted octanol–water partition coefficient (Wildman–Crippen LogP) is 2.00. The number of nitrogens with one attached hydrogen (secondary N) is 1. The molecule has 0 unspecified atom stereocenters. The molecule has 0 aliphatic carbocycles. The van der Waals surface area contributed by atoms with Gasteiger partial charge < -0.3 is 19.7 Å². The van der Waals surface area contributed by atoms with Crippen molar-refractivity contribution in [3.05, 3.63) is 36.0 Å². The Morgan fingerprint density at radius 3 is 2.71 bits per heavy atom. The molecule has 7 nitrogen and oxygen atoms in total. The topological polar surface area (TPSA) is 76.6 Å². The van der Waals surface area contributed by atoms with E-state index in [2.05, 4.69) is 10.2 Å². The summed E-state index contributed by atoms with van der Waals surface area (Å²) in [7, 11) is -1.01. The standard InChI is InChI=1S/C20H24N4O3S/c25-28-11-8-17-18(28)19(21-14-6-9-26-10-7-14)23-20(22-17)24-12-16(13-24)27-15-4-2-1-3-5-15/h1-5,14,16H,6-13H2,(H,21,22,23)/t28-/m1/s1. The normalized spacial score (nSPS) is 22.6. The fourth-order valence-electron chi connectivity index (χ4n) is 3.83. The average molecular weight is 401 g/mol. The third-order valence-corrected chi connectivity index (χ3v) is 6.87. The number of para-hydroxylation sites is 1. The summed E-state index contributed by atoms with van der Waals surface area (Å²) in [6, 6.07) is 10.2. The van der Waals surface area contributed by atoms with Crippen molar-refractivity contribution in [1.82, 2.24) is 9.97 Å². The first kappa shape index (κ1) is 17.9. The Bertz CT molecular complexity index is 867. The maximum atomic E-state index is 12.5. The number of aromatic nitrogens is 2. The molecule has 5 rings (SSSR count). The number of hydrogen-bond acceptors (Lipinski definition) is 7. The Morgan fingerprint density at radius 2 is 1.93 bits per heavy atom. The first-order chi connectivity index (χ1) is 13.8. The van der Waals surface area contributed by atoms with Crippen molar-refractivity contribution in [2.75, 3.05) is 42.3 Å². The third-order valence-electron chi connectivity index (χ3n) is 5.41. The molecule has 0 spiro atoms. The van der Waals surface area contributed by atoms with Crippen LogP contribution in [0.5, 0.6) is 5.75 Å². The van der Waals surface area contributed by atoms with Gasteiger partial charge in [-0.25, -0.2) is 4.98 Å². The van der Waals surface area contributed by atoms with E-state index in [9.17, 15) is 4.21 Å². The van der Waals surface area contributed by atoms with Crippen LogP contribution in [0.15, 0.2) is 35.2 Å². The van der Waals surface area contributed by atoms with Crippen molar-refractivity contribution in [3.63, 3.8) is 0 Å². The van der Waals surface area contributed by atoms with Crippen LogP contribution in [-0.2, 0) is 22.0 Å². The van der Waals surface area contributed by atoms with E-state index in [1.54, 1.807) is 0 Å². The summed E-state index contributed by atoms with van der Waals surface area (Å²) in [6.07, 6.45) is 2.77. The highest BCUT2D eigenvalue weighted by Gasteiger charge is 2.34. The van der Waals surface area contributed by atoms with Crippen LogP contribution in [0.1, 0.15) is 18.5 Å². The summed E-state index contributed by atoms with van der Waals surface area (Å²) in [5.74, 6) is 2.98. The van der Waals surface area contributed by atoms with Gasteiger partial charge in [-0.1, -0.05) is 18.2 Å². The molecule has 0 radical (unpaired) electrons. The Balaban J connectivity index is 1.31. The molecule has 8 heteroatoms. The van der Waals surface area contributed by atoms with Crippen molar-refractivity contribution in [2.45, 2.75) is 36.3 Å². The van der Waals surface area contributed by atoms with Gasteiger partial charge in [0, 0.05) is 31.4 Å². The van der Waals surface area contributed by atoms with Crippen molar-refractivity contribution < 1.29 is 13.7 Å². The molecule has 1 atom stereocenters. The molecule has 0 saturated carbocycles. The molecule has 4 heterocycles. The summed E-state index contributed by atoms with van der Waals surface area (Å²) in [5, 5.41) is 3.52. The second kappa shape index (κ2) is 7.67. The van der Waals surface area contributed by atoms with Crippen molar-refractivity contribution in [3.8, 4) is 5.75 Å². The summed E-state index contributed by atoms with van der Waals surface area (Å²) in [5.41, 5.74) is 0.922. The number of anilines is 2. The van der Waals surface area contributed by atoms with E-state index in [1.807, 2.05) is 30.3 Å². The first-order valence-corrected chi connectivity index (χ1v) is 11.2. The van der Waals surface area contributed by atoms with Gasteiger partial charge in [0.15, 0.2) is 0 Å². The quantitative estimate of drug-likeness (QED) is 0.823. The highest BCUT2D eigenvalue weighted by atomic mass is 32.2. The first-order valence-electron chi connectivity index (χ1n) is 9.86. The van der Waals surface area contributed by atoms with Gasteiger partial charge in [0.05, 0.1) is 29.6 Å². The highest BCUT2D eigenvalue weighted by molar-refractivity contribution is 7.85. The number of rotatable bonds is 5. The van der Waals surface area contributed by atoms with Gasteiger partial charge in [-0.2, -0.15) is 4.98 Å². The van der Waals surface area contributed by atoms with E-state index in [4.69, 9.17) is 19.4 Å². The number of ether oxygens (including phenoxy) is 2. The molecular weight excluding hydrogens is 376 g/mol. The van der Waals surface area contributed by atoms with Crippen LogP contribution in [-0.4, -0.2) is 58.4 Å². The van der Waals surface area contributed by atoms with Crippen LogP contribution in [0.4, 0.5) is 11.8 Å². The number of aryl methyl sites for hydroxylation is 1. The molecular formula is C20H24N4O3S. The Hall–Kier alpha value is -2.19. The third kappa shape index (κ3) is 3.58. The van der Waals surface area contributed by atoms with Gasteiger partial charge in [-0.05, 0) is 25.0 Å². The zero-order valence-corrected chi connectivity index (χ0v) is 16.5. The molecule has 0 amide bonds. The van der Waals surface area contributed by atoms with Crippen LogP contribution in [0.25, 0.3) is 0 Å². The van der Waals surface area contributed by atoms with Gasteiger partial charge in [-0.3, -0.25) is 4.21 Å². The van der Waals surface area contributed by atoms with E-state index in [0.717, 1.165) is 67.7 Å². The smallest absolute Gasteiger partial charge is 0.227 e. The Morgan fingerprint density at radius 1 is 1.14 bits per heavy atom. The lowest BCUT2D eigenvalue weighted by Gasteiger charge is -2.39. The van der Waals surface area contributed by atoms with E-state index in [1.165, 1.54) is 0 Å². The SMILES string of the molecule is O=[S@@]1CCc2nc(N3CC(Oc4ccccc4)C3)nc(NC3CCOCC3)c21. The molecule has 148 valence electrons. The maximum absolute atomic E-state index is 12.5. The summed E-state index contributed by atoms with van der Waals surface area (Å²) in [6.45, 7) is 3.03. The number of hydrogen-bond donors (Lipinski definition) is 1. The second-order valence-corrected chi connectivity index (χ2v) is 8.94. The van der Waals surface area contributed by atoms with E-state index < -0.39 is 10.8 Å². The van der Waals surface area contributed by atoms with E-state index in [0.29, 0.717) is 17.7 Å². The van der Waals surface area contributed by atoms with Crippen LogP contribution in [0.3, 0.4) is 0 Å². The summed E-state index contributed by atoms with van der Waals surface area (Å²) >= 11 is 0. The lowest BCUT2D eigenvalue weighted by atomic mass is 10.1. The lowest BCUT2D eigenvalue weighted by molar-refractivity contribution is 0.0903. The van der Waals surface area contributed by atoms with Gasteiger partial charge in [0.25, 0.3) is 0 Å². The van der Waals surface area contributed by atoms with E-state index >= 15 is 0 Å². The maximum Gasteiger partial charge on any atom is 0.227 e. The number of fused-ring (bicyclic) bond motifs is 1. The van der Waals surface area contributed by atoms with Crippen LogP contribution in [0.2, 0.25) is 0 Å². The molecule has 3 aliphatic heterocycles. The molecule has 28 heavy (non-hydrogen) atoms. The molecule has 0 bridgehead atoms. The average Bonchev–Trinajstić information content (AvgIpc) is 3.07. The van der Waals surface area contributed by atoms with Crippen LogP contribution < -0.4 is 15.0 Å². The Kier molecular flexibility index (Phi) is 4.90. The minimum absolute atomic E-state index is 0.139. The molecule has 1 aromatic carbocycles. The monoisotopic (exact) mass is 400 g/mol. The van der Waals surface area contributed by atoms with Crippen molar-refractivity contribution in [2.24, 2.45) is 0 Å². The molecule has 2 aromatic rings.